The first-order valence-electron chi connectivity index (χ1n) is 6.92. The molecule has 1 aliphatic carbocycles. The van der Waals surface area contributed by atoms with Crippen LogP contribution < -0.4 is 11.1 Å². The van der Waals surface area contributed by atoms with E-state index in [2.05, 4.69) is 47.3 Å². The number of imidazole rings is 1. The molecule has 1 saturated carbocycles. The van der Waals surface area contributed by atoms with Gasteiger partial charge < -0.3 is 16.0 Å². The molecule has 3 rings (SSSR count). The van der Waals surface area contributed by atoms with E-state index in [4.69, 9.17) is 5.73 Å². The van der Waals surface area contributed by atoms with Crippen LogP contribution in [0.1, 0.15) is 32.3 Å². The van der Waals surface area contributed by atoms with E-state index in [9.17, 15) is 0 Å². The van der Waals surface area contributed by atoms with Crippen LogP contribution in [0, 0.1) is 0 Å². The molecule has 1 fully saturated rings. The summed E-state index contributed by atoms with van der Waals surface area (Å²) in [5.41, 5.74) is 9.70. The minimum Gasteiger partial charge on any atom is -0.345 e. The SMILES string of the molecule is CC(C)(CNCC1(N)CC1)c1ccc2nc[nH]c2c1. The van der Waals surface area contributed by atoms with Crippen LogP contribution in [0.3, 0.4) is 0 Å². The summed E-state index contributed by atoms with van der Waals surface area (Å²) >= 11 is 0. The van der Waals surface area contributed by atoms with E-state index < -0.39 is 0 Å². The molecular formula is C15H22N4. The summed E-state index contributed by atoms with van der Waals surface area (Å²) in [6.45, 7) is 6.37. The van der Waals surface area contributed by atoms with Gasteiger partial charge in [-0.05, 0) is 30.5 Å². The Labute approximate surface area is 113 Å². The Bertz CT molecular complexity index is 581. The minimum absolute atomic E-state index is 0.0728. The molecule has 4 nitrogen and oxygen atoms in total. The van der Waals surface area contributed by atoms with Crippen LogP contribution in [0.5, 0.6) is 0 Å². The largest absolute Gasteiger partial charge is 0.345 e. The van der Waals surface area contributed by atoms with Gasteiger partial charge in [-0.3, -0.25) is 0 Å². The predicted molar refractivity (Wildman–Crippen MR) is 78.1 cm³/mol. The third-order valence-electron chi connectivity index (χ3n) is 4.14. The summed E-state index contributed by atoms with van der Waals surface area (Å²) in [5.74, 6) is 0. The summed E-state index contributed by atoms with van der Waals surface area (Å²) in [4.78, 5) is 7.43. The van der Waals surface area contributed by atoms with Crippen molar-refractivity contribution in [1.82, 2.24) is 15.3 Å². The lowest BCUT2D eigenvalue weighted by atomic mass is 9.84. The summed E-state index contributed by atoms with van der Waals surface area (Å²) in [6, 6.07) is 6.44. The lowest BCUT2D eigenvalue weighted by molar-refractivity contribution is 0.449. The first-order valence-corrected chi connectivity index (χ1v) is 6.92. The average Bonchev–Trinajstić information content (AvgIpc) is 2.92. The van der Waals surface area contributed by atoms with Crippen LogP contribution in [-0.2, 0) is 5.41 Å². The van der Waals surface area contributed by atoms with Gasteiger partial charge in [-0.25, -0.2) is 4.98 Å². The molecule has 1 aliphatic rings. The van der Waals surface area contributed by atoms with Crippen molar-refractivity contribution in [2.75, 3.05) is 13.1 Å². The Morgan fingerprint density at radius 2 is 2.21 bits per heavy atom. The summed E-state index contributed by atoms with van der Waals surface area (Å²) in [6.07, 6.45) is 4.05. The average molecular weight is 258 g/mol. The number of benzene rings is 1. The van der Waals surface area contributed by atoms with E-state index in [1.807, 2.05) is 0 Å². The molecule has 1 aromatic heterocycles. The van der Waals surface area contributed by atoms with E-state index in [0.717, 1.165) is 37.0 Å². The van der Waals surface area contributed by atoms with Crippen LogP contribution in [0.2, 0.25) is 0 Å². The summed E-state index contributed by atoms with van der Waals surface area (Å²) in [7, 11) is 0. The number of nitrogens with one attached hydrogen (secondary N) is 2. The Hall–Kier alpha value is -1.39. The number of aromatic nitrogens is 2. The van der Waals surface area contributed by atoms with Gasteiger partial charge in [-0.15, -0.1) is 0 Å². The number of hydrogen-bond donors (Lipinski definition) is 3. The lowest BCUT2D eigenvalue weighted by Gasteiger charge is -2.26. The molecule has 0 spiro atoms. The highest BCUT2D eigenvalue weighted by Gasteiger charge is 2.37. The fraction of sp³-hybridized carbons (Fsp3) is 0.533. The second kappa shape index (κ2) is 4.32. The van der Waals surface area contributed by atoms with Gasteiger partial charge in [-0.2, -0.15) is 0 Å². The molecular weight excluding hydrogens is 236 g/mol. The Kier molecular flexibility index (Phi) is 2.87. The third-order valence-corrected chi connectivity index (χ3v) is 4.14. The van der Waals surface area contributed by atoms with Crippen LogP contribution in [0.4, 0.5) is 0 Å². The molecule has 0 atom stereocenters. The highest BCUT2D eigenvalue weighted by molar-refractivity contribution is 5.75. The van der Waals surface area contributed by atoms with Crippen molar-refractivity contribution >= 4 is 11.0 Å². The van der Waals surface area contributed by atoms with Crippen LogP contribution >= 0.6 is 0 Å². The van der Waals surface area contributed by atoms with E-state index >= 15 is 0 Å². The van der Waals surface area contributed by atoms with Crippen LogP contribution in [-0.4, -0.2) is 28.6 Å². The number of rotatable bonds is 5. The third kappa shape index (κ3) is 2.65. The van der Waals surface area contributed by atoms with Crippen LogP contribution in [0.15, 0.2) is 24.5 Å². The number of hydrogen-bond acceptors (Lipinski definition) is 3. The standard InChI is InChI=1S/C15H22N4/c1-14(2,8-17-9-15(16)5-6-15)11-3-4-12-13(7-11)19-10-18-12/h3-4,7,10,17H,5-6,8-9,16H2,1-2H3,(H,18,19). The zero-order chi connectivity index (χ0) is 13.5. The molecule has 102 valence electrons. The van der Waals surface area contributed by atoms with Gasteiger partial charge in [0.15, 0.2) is 0 Å². The van der Waals surface area contributed by atoms with Gasteiger partial charge in [0.25, 0.3) is 0 Å². The first kappa shape index (κ1) is 12.6. The van der Waals surface area contributed by atoms with Crippen molar-refractivity contribution in [3.63, 3.8) is 0 Å². The second-order valence-electron chi connectivity index (χ2n) is 6.48. The number of nitrogens with two attached hydrogens (primary N) is 1. The van der Waals surface area contributed by atoms with E-state index in [-0.39, 0.29) is 11.0 Å². The van der Waals surface area contributed by atoms with Crippen molar-refractivity contribution in [3.05, 3.63) is 30.1 Å². The number of H-pyrrole nitrogens is 1. The molecule has 1 heterocycles. The van der Waals surface area contributed by atoms with Gasteiger partial charge in [-0.1, -0.05) is 19.9 Å². The topological polar surface area (TPSA) is 66.7 Å². The quantitative estimate of drug-likeness (QED) is 0.767. The highest BCUT2D eigenvalue weighted by Crippen LogP contribution is 2.31. The lowest BCUT2D eigenvalue weighted by Crippen LogP contribution is -2.41. The Morgan fingerprint density at radius 3 is 2.95 bits per heavy atom. The van der Waals surface area contributed by atoms with E-state index in [0.29, 0.717) is 0 Å². The van der Waals surface area contributed by atoms with Gasteiger partial charge in [0.05, 0.1) is 17.4 Å². The predicted octanol–water partition coefficient (Wildman–Crippen LogP) is 1.92. The molecule has 0 radical (unpaired) electrons. The molecule has 0 amide bonds. The van der Waals surface area contributed by atoms with E-state index in [1.54, 1.807) is 6.33 Å². The fourth-order valence-corrected chi connectivity index (χ4v) is 2.42. The van der Waals surface area contributed by atoms with Crippen molar-refractivity contribution < 1.29 is 0 Å². The molecule has 4 N–H and O–H groups in total. The van der Waals surface area contributed by atoms with Crippen molar-refractivity contribution in [3.8, 4) is 0 Å². The second-order valence-corrected chi connectivity index (χ2v) is 6.48. The van der Waals surface area contributed by atoms with E-state index in [1.165, 1.54) is 5.56 Å². The smallest absolute Gasteiger partial charge is 0.0931 e. The molecule has 0 saturated heterocycles. The highest BCUT2D eigenvalue weighted by atomic mass is 15.0. The van der Waals surface area contributed by atoms with Crippen molar-refractivity contribution in [2.45, 2.75) is 37.6 Å². The molecule has 0 unspecified atom stereocenters. The Balaban J connectivity index is 1.70. The Morgan fingerprint density at radius 1 is 1.42 bits per heavy atom. The van der Waals surface area contributed by atoms with Crippen LogP contribution in [0.25, 0.3) is 11.0 Å². The summed E-state index contributed by atoms with van der Waals surface area (Å²) in [5, 5.41) is 3.52. The minimum atomic E-state index is 0.0728. The monoisotopic (exact) mass is 258 g/mol. The molecule has 4 heteroatoms. The maximum Gasteiger partial charge on any atom is 0.0931 e. The molecule has 1 aromatic carbocycles. The van der Waals surface area contributed by atoms with Gasteiger partial charge in [0.2, 0.25) is 0 Å². The molecule has 0 aliphatic heterocycles. The maximum absolute atomic E-state index is 6.10. The summed E-state index contributed by atoms with van der Waals surface area (Å²) < 4.78 is 0. The maximum atomic E-state index is 6.10. The molecule has 0 bridgehead atoms. The number of aromatic amines is 1. The number of nitrogens with zero attached hydrogens (tertiary/aromatic N) is 1. The normalized spacial score (nSPS) is 17.8. The zero-order valence-corrected chi connectivity index (χ0v) is 11.7. The first-order chi connectivity index (χ1) is 8.99. The molecule has 19 heavy (non-hydrogen) atoms. The van der Waals surface area contributed by atoms with Gasteiger partial charge in [0, 0.05) is 24.0 Å². The fourth-order valence-electron chi connectivity index (χ4n) is 2.42. The molecule has 2 aromatic rings. The number of fused-ring (bicyclic) bond motifs is 1. The van der Waals surface area contributed by atoms with Gasteiger partial charge >= 0.3 is 0 Å². The van der Waals surface area contributed by atoms with Crippen molar-refractivity contribution in [1.29, 1.82) is 0 Å². The van der Waals surface area contributed by atoms with Gasteiger partial charge in [0.1, 0.15) is 0 Å². The van der Waals surface area contributed by atoms with Crippen molar-refractivity contribution in [2.24, 2.45) is 5.73 Å². The zero-order valence-electron chi connectivity index (χ0n) is 11.7.